The number of hydrogen-bond donors (Lipinski definition) is 1. The Morgan fingerprint density at radius 1 is 0.476 bits per heavy atom. The summed E-state index contributed by atoms with van der Waals surface area (Å²) in [5, 5.41) is -8.05. The highest BCUT2D eigenvalue weighted by molar-refractivity contribution is 7.87. The molecule has 0 aliphatic carbocycles. The van der Waals surface area contributed by atoms with Crippen LogP contribution >= 0.6 is 0 Å². The van der Waals surface area contributed by atoms with Crippen molar-refractivity contribution >= 4 is 10.1 Å². The zero-order valence-corrected chi connectivity index (χ0v) is 19.5. The summed E-state index contributed by atoms with van der Waals surface area (Å²) in [6, 6.07) is 5.72. The second-order valence-electron chi connectivity index (χ2n) is 7.45. The summed E-state index contributed by atoms with van der Waals surface area (Å²) in [5.41, 5.74) is 0. The van der Waals surface area contributed by atoms with Crippen molar-refractivity contribution in [1.29, 1.82) is 0 Å². The van der Waals surface area contributed by atoms with Gasteiger partial charge in [-0.3, -0.25) is 9.54 Å². The molecule has 1 N–H and O–H groups in total. The predicted molar refractivity (Wildman–Crippen MR) is 91.2 cm³/mol. The molecular weight excluding hydrogens is 685 g/mol. The van der Waals surface area contributed by atoms with Crippen LogP contribution in [0.25, 0.3) is 0 Å². The number of rotatable bonds is 11. The predicted octanol–water partition coefficient (Wildman–Crippen LogP) is 7.24. The average Bonchev–Trinajstić information content (AvgIpc) is 2.83. The van der Waals surface area contributed by atoms with Crippen LogP contribution in [0, 0.1) is 0 Å². The summed E-state index contributed by atoms with van der Waals surface area (Å²) >= 11 is 0. The zero-order valence-electron chi connectivity index (χ0n) is 18.7. The number of halogens is 21. The van der Waals surface area contributed by atoms with Crippen molar-refractivity contribution in [3.05, 3.63) is 30.6 Å². The van der Waals surface area contributed by atoms with Gasteiger partial charge in [0.05, 0.1) is 0 Å². The van der Waals surface area contributed by atoms with Gasteiger partial charge in [0.1, 0.15) is 0 Å². The highest BCUT2D eigenvalue weighted by Crippen LogP contribution is 2.66. The first-order valence-corrected chi connectivity index (χ1v) is 10.7. The van der Waals surface area contributed by atoms with Crippen LogP contribution in [0.1, 0.15) is 0 Å². The first-order valence-electron chi connectivity index (χ1n) is 9.22. The molecule has 26 heteroatoms. The minimum atomic E-state index is -9.35. The highest BCUT2D eigenvalue weighted by Gasteiger charge is 2.98. The molecule has 0 aromatic carbocycles. The van der Waals surface area contributed by atoms with Crippen LogP contribution in [0.15, 0.2) is 30.6 Å². The number of pyridine rings is 1. The fraction of sp³-hybridized carbons (Fsp3) is 0.688. The summed E-state index contributed by atoms with van der Waals surface area (Å²) in [4.78, 5) is 3.78. The summed E-state index contributed by atoms with van der Waals surface area (Å²) in [7, 11) is -8.09. The van der Waals surface area contributed by atoms with Crippen LogP contribution < -0.4 is 0 Å². The van der Waals surface area contributed by atoms with Crippen LogP contribution in [0.2, 0.25) is 0 Å². The SMILES string of the molecule is O=S(=O)(O)C(F)(F)C(F)(F)C(F)(F)C(F)(F)C(F)(F)C(F)(F)C(F)(F)C(F)(F)C(F)(F)C(F)(F)CF.c1ccncc1. The average molecular weight is 693 g/mol. The summed E-state index contributed by atoms with van der Waals surface area (Å²) in [5.74, 6) is -79.2. The molecule has 0 bridgehead atoms. The molecule has 0 unspecified atom stereocenters. The lowest BCUT2D eigenvalue weighted by molar-refractivity contribution is -0.466. The van der Waals surface area contributed by atoms with Crippen molar-refractivity contribution in [2.24, 2.45) is 0 Å². The summed E-state index contributed by atoms with van der Waals surface area (Å²) in [6.45, 7) is -4.17. The number of alkyl halides is 21. The Morgan fingerprint density at radius 3 is 0.929 bits per heavy atom. The van der Waals surface area contributed by atoms with E-state index in [1.54, 1.807) is 12.4 Å². The van der Waals surface area contributed by atoms with Gasteiger partial charge in [0.15, 0.2) is 6.67 Å². The lowest BCUT2D eigenvalue weighted by Crippen LogP contribution is -2.77. The molecule has 4 nitrogen and oxygen atoms in total. The minimum Gasteiger partial charge on any atom is -0.281 e. The van der Waals surface area contributed by atoms with Gasteiger partial charge in [-0.2, -0.15) is 96.2 Å². The van der Waals surface area contributed by atoms with Gasteiger partial charge in [0.25, 0.3) is 0 Å². The number of nitrogens with zero attached hydrogens (tertiary/aromatic N) is 1. The fourth-order valence-corrected chi connectivity index (χ4v) is 2.61. The van der Waals surface area contributed by atoms with Crippen LogP contribution in [-0.2, 0) is 10.1 Å². The van der Waals surface area contributed by atoms with E-state index in [2.05, 4.69) is 4.98 Å². The third kappa shape index (κ3) is 5.39. The van der Waals surface area contributed by atoms with E-state index >= 15 is 0 Å². The van der Waals surface area contributed by atoms with Crippen molar-refractivity contribution in [2.45, 2.75) is 58.6 Å². The Kier molecular flexibility index (Phi) is 10.3. The normalized spacial score (nSPS) is 15.7. The molecule has 0 spiro atoms. The molecule has 1 aromatic rings. The lowest BCUT2D eigenvalue weighted by Gasteiger charge is -2.44. The van der Waals surface area contributed by atoms with Gasteiger partial charge in [-0.15, -0.1) is 0 Å². The first kappa shape index (κ1) is 39.6. The molecule has 0 aliphatic rings. The molecule has 1 heterocycles. The van der Waals surface area contributed by atoms with Crippen molar-refractivity contribution < 1.29 is 105 Å². The van der Waals surface area contributed by atoms with Crippen molar-refractivity contribution in [2.75, 3.05) is 6.67 Å². The molecule has 1 aromatic heterocycles. The van der Waals surface area contributed by atoms with Crippen LogP contribution in [0.4, 0.5) is 92.2 Å². The fourth-order valence-electron chi connectivity index (χ4n) is 2.15. The van der Waals surface area contributed by atoms with E-state index in [1.165, 1.54) is 0 Å². The molecule has 0 radical (unpaired) electrons. The maximum Gasteiger partial charge on any atom is 0.438 e. The standard InChI is InChI=1S/C11H3F21O3S.C5H5N/c12-1-2(13,14)3(15,16)4(17,18)5(19,20)6(21,22)7(23,24)8(25,26)9(27,28)10(29,30)11(31,32)36(33,34)35;1-2-4-6-5-3-1/h1H2,(H,33,34,35);1-5H. The molecule has 0 amide bonds. The monoisotopic (exact) mass is 693 g/mol. The molecule has 0 aliphatic heterocycles. The second kappa shape index (κ2) is 10.9. The quantitative estimate of drug-likeness (QED) is 0.196. The van der Waals surface area contributed by atoms with E-state index < -0.39 is 75.4 Å². The smallest absolute Gasteiger partial charge is 0.281 e. The number of hydrogen-bond acceptors (Lipinski definition) is 3. The molecule has 0 saturated heterocycles. The summed E-state index contributed by atoms with van der Waals surface area (Å²) < 4.78 is 302. The summed E-state index contributed by atoms with van der Waals surface area (Å²) in [6.07, 6.45) is 3.50. The molecule has 248 valence electrons. The molecule has 1 rings (SSSR count). The van der Waals surface area contributed by atoms with E-state index in [4.69, 9.17) is 4.55 Å². The molecule has 0 atom stereocenters. The maximum atomic E-state index is 13.4. The van der Waals surface area contributed by atoms with Gasteiger partial charge in [0, 0.05) is 12.4 Å². The third-order valence-electron chi connectivity index (χ3n) is 4.64. The van der Waals surface area contributed by atoms with Crippen molar-refractivity contribution in [3.63, 3.8) is 0 Å². The Balaban J connectivity index is 0.00000246. The van der Waals surface area contributed by atoms with Crippen molar-refractivity contribution in [1.82, 2.24) is 4.98 Å². The van der Waals surface area contributed by atoms with Gasteiger partial charge in [-0.05, 0) is 12.1 Å². The second-order valence-corrected chi connectivity index (χ2v) is 8.91. The topological polar surface area (TPSA) is 67.3 Å². The molecular formula is C16H8F21NO3S. The van der Waals surface area contributed by atoms with E-state index in [0.29, 0.717) is 0 Å². The largest absolute Gasteiger partial charge is 0.438 e. The van der Waals surface area contributed by atoms with Gasteiger partial charge < -0.3 is 0 Å². The first-order chi connectivity index (χ1) is 18.1. The van der Waals surface area contributed by atoms with Gasteiger partial charge in [-0.25, -0.2) is 4.39 Å². The van der Waals surface area contributed by atoms with Crippen LogP contribution in [-0.4, -0.2) is 83.2 Å². The van der Waals surface area contributed by atoms with E-state index in [9.17, 15) is 101 Å². The van der Waals surface area contributed by atoms with E-state index in [1.807, 2.05) is 18.2 Å². The van der Waals surface area contributed by atoms with E-state index in [0.717, 1.165) is 0 Å². The van der Waals surface area contributed by atoms with E-state index in [-0.39, 0.29) is 0 Å². The minimum absolute atomic E-state index is 1.75. The Hall–Kier alpha value is -2.41. The highest BCUT2D eigenvalue weighted by atomic mass is 32.2. The lowest BCUT2D eigenvalue weighted by atomic mass is 9.86. The van der Waals surface area contributed by atoms with Gasteiger partial charge in [0.2, 0.25) is 0 Å². The molecule has 42 heavy (non-hydrogen) atoms. The van der Waals surface area contributed by atoms with Gasteiger partial charge in [-0.1, -0.05) is 6.07 Å². The Labute approximate surface area is 217 Å². The molecule has 0 fully saturated rings. The Bertz CT molecular complexity index is 1140. The third-order valence-corrected chi connectivity index (χ3v) is 5.55. The number of aromatic nitrogens is 1. The van der Waals surface area contributed by atoms with Crippen LogP contribution in [0.3, 0.4) is 0 Å². The zero-order chi connectivity index (χ0) is 34.4. The van der Waals surface area contributed by atoms with Crippen LogP contribution in [0.5, 0.6) is 0 Å². The molecule has 0 saturated carbocycles. The maximum absolute atomic E-state index is 13.4. The van der Waals surface area contributed by atoms with Crippen molar-refractivity contribution in [3.8, 4) is 0 Å². The van der Waals surface area contributed by atoms with Gasteiger partial charge >= 0.3 is 68.7 Å². The Morgan fingerprint density at radius 2 is 0.738 bits per heavy atom.